The van der Waals surface area contributed by atoms with Crippen LogP contribution in [0.4, 0.5) is 18.9 Å². The first-order chi connectivity index (χ1) is 18.4. The zero-order valence-corrected chi connectivity index (χ0v) is 22.5. The fraction of sp³-hybridized carbons (Fsp3) is 0.407. The summed E-state index contributed by atoms with van der Waals surface area (Å²) >= 11 is 0. The fourth-order valence-electron chi connectivity index (χ4n) is 4.09. The van der Waals surface area contributed by atoms with E-state index in [0.717, 1.165) is 16.4 Å². The molecule has 3 rings (SSSR count). The Bertz CT molecular complexity index is 1330. The number of nitriles is 1. The molecule has 1 aliphatic heterocycles. The number of carbonyl (C=O) groups excluding carboxylic acids is 1. The number of nitrogens with zero attached hydrogens (tertiary/aromatic N) is 3. The Morgan fingerprint density at radius 3 is 2.56 bits per heavy atom. The standard InChI is InChI=1S/C27H30F3N3O5S/c1-3-37-26(34)19-39(35,36)33(13-5-8-20-6-4-7-21(16-20)18-31)22-9-10-25(24(17-22)27(28,29)30)38-23-11-14-32(2)15-12-23/h4-10,16-17,23H,3,11-15,19H2,1-2H3/b8-5+. The van der Waals surface area contributed by atoms with E-state index < -0.39 is 39.6 Å². The van der Waals surface area contributed by atoms with Gasteiger partial charge in [0.15, 0.2) is 5.75 Å². The van der Waals surface area contributed by atoms with Gasteiger partial charge in [-0.15, -0.1) is 0 Å². The fourth-order valence-corrected chi connectivity index (χ4v) is 5.37. The summed E-state index contributed by atoms with van der Waals surface area (Å²) in [5, 5.41) is 9.08. The predicted molar refractivity (Wildman–Crippen MR) is 141 cm³/mol. The number of esters is 1. The summed E-state index contributed by atoms with van der Waals surface area (Å²) < 4.78 is 79.8. The highest BCUT2D eigenvalue weighted by molar-refractivity contribution is 7.93. The van der Waals surface area contributed by atoms with Crippen LogP contribution in [0.25, 0.3) is 6.08 Å². The van der Waals surface area contributed by atoms with Crippen LogP contribution in [0, 0.1) is 11.3 Å². The van der Waals surface area contributed by atoms with Crippen molar-refractivity contribution in [3.63, 3.8) is 0 Å². The molecule has 2 aromatic rings. The van der Waals surface area contributed by atoms with E-state index in [4.69, 9.17) is 14.7 Å². The van der Waals surface area contributed by atoms with Gasteiger partial charge in [-0.3, -0.25) is 9.10 Å². The van der Waals surface area contributed by atoms with Gasteiger partial charge >= 0.3 is 12.1 Å². The monoisotopic (exact) mass is 565 g/mol. The Kier molecular flexibility index (Phi) is 9.99. The molecule has 12 heteroatoms. The molecule has 39 heavy (non-hydrogen) atoms. The van der Waals surface area contributed by atoms with Gasteiger partial charge < -0.3 is 14.4 Å². The number of halogens is 3. The van der Waals surface area contributed by atoms with Crippen LogP contribution in [-0.4, -0.2) is 64.4 Å². The summed E-state index contributed by atoms with van der Waals surface area (Å²) in [7, 11) is -2.51. The highest BCUT2D eigenvalue weighted by atomic mass is 32.2. The molecule has 0 spiro atoms. The lowest BCUT2D eigenvalue weighted by Gasteiger charge is -2.30. The zero-order valence-electron chi connectivity index (χ0n) is 21.6. The highest BCUT2D eigenvalue weighted by Crippen LogP contribution is 2.40. The lowest BCUT2D eigenvalue weighted by Crippen LogP contribution is -2.37. The van der Waals surface area contributed by atoms with Crippen LogP contribution >= 0.6 is 0 Å². The molecule has 0 unspecified atom stereocenters. The van der Waals surface area contributed by atoms with Crippen molar-refractivity contribution in [1.29, 1.82) is 5.26 Å². The van der Waals surface area contributed by atoms with Crippen LogP contribution < -0.4 is 9.04 Å². The van der Waals surface area contributed by atoms with Crippen molar-refractivity contribution < 1.29 is 35.9 Å². The quantitative estimate of drug-likeness (QED) is 0.392. The van der Waals surface area contributed by atoms with Crippen molar-refractivity contribution in [2.45, 2.75) is 32.0 Å². The van der Waals surface area contributed by atoms with Gasteiger partial charge in [0.2, 0.25) is 10.0 Å². The Hall–Kier alpha value is -3.56. The molecular formula is C27H30F3N3O5S. The smallest absolute Gasteiger partial charge is 0.420 e. The summed E-state index contributed by atoms with van der Waals surface area (Å²) in [6, 6.07) is 11.6. The van der Waals surface area contributed by atoms with E-state index in [1.54, 1.807) is 24.3 Å². The maximum Gasteiger partial charge on any atom is 0.420 e. The molecule has 2 aromatic carbocycles. The van der Waals surface area contributed by atoms with Gasteiger partial charge in [0, 0.05) is 13.1 Å². The first-order valence-electron chi connectivity index (χ1n) is 12.3. The molecule has 1 aliphatic rings. The zero-order chi connectivity index (χ0) is 28.6. The molecule has 8 nitrogen and oxygen atoms in total. The molecule has 0 radical (unpaired) electrons. The molecule has 0 atom stereocenters. The number of hydrogen-bond donors (Lipinski definition) is 0. The van der Waals surface area contributed by atoms with Gasteiger partial charge in [-0.1, -0.05) is 24.3 Å². The van der Waals surface area contributed by atoms with Crippen molar-refractivity contribution in [3.05, 3.63) is 65.2 Å². The van der Waals surface area contributed by atoms with E-state index in [2.05, 4.69) is 4.90 Å². The number of likely N-dealkylation sites (tertiary alicyclic amines) is 1. The number of hydrogen-bond acceptors (Lipinski definition) is 7. The van der Waals surface area contributed by atoms with Crippen molar-refractivity contribution in [2.75, 3.05) is 43.3 Å². The van der Waals surface area contributed by atoms with E-state index in [1.165, 1.54) is 25.1 Å². The molecule has 1 heterocycles. The minimum absolute atomic E-state index is 0.0509. The summed E-state index contributed by atoms with van der Waals surface area (Å²) in [6.45, 7) is 2.47. The Morgan fingerprint density at radius 1 is 1.21 bits per heavy atom. The number of benzene rings is 2. The van der Waals surface area contributed by atoms with Gasteiger partial charge in [-0.25, -0.2) is 8.42 Å². The first-order valence-corrected chi connectivity index (χ1v) is 13.9. The number of alkyl halides is 3. The average Bonchev–Trinajstić information content (AvgIpc) is 2.87. The van der Waals surface area contributed by atoms with Crippen LogP contribution in [0.1, 0.15) is 36.5 Å². The van der Waals surface area contributed by atoms with Gasteiger partial charge in [0.1, 0.15) is 11.9 Å². The lowest BCUT2D eigenvalue weighted by atomic mass is 10.1. The van der Waals surface area contributed by atoms with Gasteiger partial charge in [0.05, 0.1) is 36.0 Å². The number of rotatable bonds is 10. The van der Waals surface area contributed by atoms with Crippen LogP contribution in [0.3, 0.4) is 0 Å². The van der Waals surface area contributed by atoms with Crippen LogP contribution in [0.2, 0.25) is 0 Å². The number of carbonyl (C=O) groups is 1. The van der Waals surface area contributed by atoms with Gasteiger partial charge in [0.25, 0.3) is 0 Å². The SMILES string of the molecule is CCOC(=O)CS(=O)(=O)N(C/C=C/c1cccc(C#N)c1)c1ccc(OC2CCN(C)CC2)c(C(F)(F)F)c1. The molecule has 0 aliphatic carbocycles. The third kappa shape index (κ3) is 8.46. The minimum atomic E-state index is -4.82. The van der Waals surface area contributed by atoms with E-state index in [0.29, 0.717) is 37.1 Å². The minimum Gasteiger partial charge on any atom is -0.490 e. The van der Waals surface area contributed by atoms with E-state index >= 15 is 0 Å². The van der Waals surface area contributed by atoms with Crippen molar-refractivity contribution in [1.82, 2.24) is 4.90 Å². The van der Waals surface area contributed by atoms with E-state index in [-0.39, 0.29) is 24.6 Å². The maximum absolute atomic E-state index is 14.1. The number of ether oxygens (including phenoxy) is 2. The average molecular weight is 566 g/mol. The van der Waals surface area contributed by atoms with Crippen LogP contribution in [-0.2, 0) is 25.7 Å². The molecule has 210 valence electrons. The Morgan fingerprint density at radius 2 is 1.92 bits per heavy atom. The molecule has 0 bridgehead atoms. The van der Waals surface area contributed by atoms with E-state index in [9.17, 15) is 26.4 Å². The first kappa shape index (κ1) is 30.0. The molecule has 1 fully saturated rings. The molecule has 0 N–H and O–H groups in total. The predicted octanol–water partition coefficient (Wildman–Crippen LogP) is 4.46. The van der Waals surface area contributed by atoms with Crippen molar-refractivity contribution in [2.24, 2.45) is 0 Å². The second-order valence-electron chi connectivity index (χ2n) is 9.03. The van der Waals surface area contributed by atoms with Gasteiger partial charge in [-0.2, -0.15) is 18.4 Å². The third-order valence-electron chi connectivity index (χ3n) is 6.05. The third-order valence-corrected chi connectivity index (χ3v) is 7.69. The summed E-state index contributed by atoms with van der Waals surface area (Å²) in [5.41, 5.74) is -0.410. The summed E-state index contributed by atoms with van der Waals surface area (Å²) in [6.07, 6.45) is -1.13. The Labute approximate surface area is 226 Å². The topological polar surface area (TPSA) is 99.9 Å². The van der Waals surface area contributed by atoms with Crippen molar-refractivity contribution >= 4 is 27.8 Å². The van der Waals surface area contributed by atoms with E-state index in [1.807, 2.05) is 13.1 Å². The number of sulfonamides is 1. The van der Waals surface area contributed by atoms with Crippen molar-refractivity contribution in [3.8, 4) is 11.8 Å². The Balaban J connectivity index is 1.97. The van der Waals surface area contributed by atoms with Gasteiger partial charge in [-0.05, 0) is 62.7 Å². The number of piperidine rings is 1. The highest BCUT2D eigenvalue weighted by Gasteiger charge is 2.37. The summed E-state index contributed by atoms with van der Waals surface area (Å²) in [4.78, 5) is 14.1. The summed E-state index contributed by atoms with van der Waals surface area (Å²) in [5.74, 6) is -2.45. The number of anilines is 1. The second kappa shape index (κ2) is 13.0. The molecule has 1 saturated heterocycles. The largest absolute Gasteiger partial charge is 0.490 e. The lowest BCUT2D eigenvalue weighted by molar-refractivity contribution is -0.140. The molecule has 0 amide bonds. The van der Waals surface area contributed by atoms with Crippen LogP contribution in [0.15, 0.2) is 48.5 Å². The molecular weight excluding hydrogens is 535 g/mol. The second-order valence-corrected chi connectivity index (χ2v) is 10.9. The normalized spacial score (nSPS) is 15.2. The van der Waals surface area contributed by atoms with Crippen LogP contribution in [0.5, 0.6) is 5.75 Å². The maximum atomic E-state index is 14.1. The molecule has 0 saturated carbocycles. The molecule has 0 aromatic heterocycles.